The Morgan fingerprint density at radius 3 is 2.00 bits per heavy atom. The van der Waals surface area contributed by atoms with Crippen LogP contribution in [0, 0.1) is 45.8 Å². The minimum Gasteiger partial charge on any atom is -0.293 e. The van der Waals surface area contributed by atoms with Gasteiger partial charge in [0.15, 0.2) is 11.6 Å². The third kappa shape index (κ3) is 5.62. The Kier molecular flexibility index (Phi) is 8.98. The summed E-state index contributed by atoms with van der Waals surface area (Å²) in [7, 11) is 0. The number of Topliss-reactive ketones (excluding diaryl/α,β-unsaturated/α-hetero) is 2. The Labute approximate surface area is 250 Å². The van der Waals surface area contributed by atoms with Crippen LogP contribution < -0.4 is 0 Å². The predicted octanol–water partition coefficient (Wildman–Crippen LogP) is 10.6. The van der Waals surface area contributed by atoms with Gasteiger partial charge in [-0.1, -0.05) is 127 Å². The molecule has 41 heavy (non-hydrogen) atoms. The van der Waals surface area contributed by atoms with Gasteiger partial charge in [-0.25, -0.2) is 0 Å². The van der Waals surface area contributed by atoms with E-state index in [9.17, 15) is 9.59 Å². The van der Waals surface area contributed by atoms with Crippen molar-refractivity contribution in [2.75, 3.05) is 0 Å². The van der Waals surface area contributed by atoms with Crippen molar-refractivity contribution in [2.45, 2.75) is 112 Å². The Morgan fingerprint density at radius 1 is 0.805 bits per heavy atom. The van der Waals surface area contributed by atoms with Gasteiger partial charge in [-0.3, -0.25) is 9.59 Å². The summed E-state index contributed by atoms with van der Waals surface area (Å²) in [5.74, 6) is 2.04. The monoisotopic (exact) mass is 554 g/mol. The van der Waals surface area contributed by atoms with Gasteiger partial charge in [-0.05, 0) is 84.9 Å². The van der Waals surface area contributed by atoms with E-state index in [4.69, 9.17) is 0 Å². The lowest BCUT2D eigenvalue weighted by atomic mass is 9.41. The predicted molar refractivity (Wildman–Crippen MR) is 170 cm³/mol. The number of hydrogen-bond donors (Lipinski definition) is 0. The van der Waals surface area contributed by atoms with Crippen molar-refractivity contribution in [3.8, 4) is 0 Å². The van der Waals surface area contributed by atoms with Crippen LogP contribution in [0.25, 0.3) is 0 Å². The van der Waals surface area contributed by atoms with Crippen molar-refractivity contribution in [3.05, 3.63) is 71.8 Å². The van der Waals surface area contributed by atoms with E-state index in [1.54, 1.807) is 0 Å². The molecule has 0 radical (unpaired) electrons. The molecular weight excluding hydrogens is 500 g/mol. The average molecular weight is 555 g/mol. The van der Waals surface area contributed by atoms with Gasteiger partial charge in [0.2, 0.25) is 0 Å². The number of carbonyl (C=O) groups is 2. The number of rotatable bonds is 9. The molecule has 2 aromatic rings. The molecule has 0 saturated heterocycles. The molecular formula is C39H54O2. The molecule has 2 nitrogen and oxygen atoms in total. The molecule has 0 aromatic heterocycles. The molecule has 3 fully saturated rings. The highest BCUT2D eigenvalue weighted by Gasteiger charge is 2.61. The molecule has 2 aromatic carbocycles. The van der Waals surface area contributed by atoms with E-state index in [1.807, 2.05) is 60.7 Å². The van der Waals surface area contributed by atoms with Crippen LogP contribution in [0.3, 0.4) is 0 Å². The number of hydrogen-bond acceptors (Lipinski definition) is 2. The first-order chi connectivity index (χ1) is 19.6. The van der Waals surface area contributed by atoms with E-state index in [2.05, 4.69) is 34.6 Å². The van der Waals surface area contributed by atoms with E-state index in [0.29, 0.717) is 28.4 Å². The Balaban J connectivity index is 1.65. The molecule has 0 heterocycles. The third-order valence-electron chi connectivity index (χ3n) is 12.6. The molecule has 0 spiro atoms. The summed E-state index contributed by atoms with van der Waals surface area (Å²) in [6.45, 7) is 12.4. The molecule has 5 rings (SSSR count). The summed E-state index contributed by atoms with van der Waals surface area (Å²) in [6.07, 6.45) is 14.2. The zero-order chi connectivity index (χ0) is 29.3. The first kappa shape index (κ1) is 30.2. The van der Waals surface area contributed by atoms with Gasteiger partial charge >= 0.3 is 0 Å². The summed E-state index contributed by atoms with van der Waals surface area (Å²) < 4.78 is 0. The quantitative estimate of drug-likeness (QED) is 0.175. The minimum atomic E-state index is -0.636. The minimum absolute atomic E-state index is 0.0441. The van der Waals surface area contributed by atoms with Crippen LogP contribution >= 0.6 is 0 Å². The van der Waals surface area contributed by atoms with Gasteiger partial charge in [0.25, 0.3) is 0 Å². The van der Waals surface area contributed by atoms with Crippen molar-refractivity contribution >= 4 is 11.6 Å². The van der Waals surface area contributed by atoms with Gasteiger partial charge in [0.05, 0.1) is 5.92 Å². The summed E-state index contributed by atoms with van der Waals surface area (Å²) in [4.78, 5) is 29.5. The lowest BCUT2D eigenvalue weighted by molar-refractivity contribution is -0.123. The van der Waals surface area contributed by atoms with Crippen molar-refractivity contribution in [1.82, 2.24) is 0 Å². The van der Waals surface area contributed by atoms with Crippen LogP contribution in [0.15, 0.2) is 60.7 Å². The Morgan fingerprint density at radius 2 is 1.41 bits per heavy atom. The highest BCUT2D eigenvalue weighted by molar-refractivity contribution is 6.16. The zero-order valence-corrected chi connectivity index (χ0v) is 26.5. The van der Waals surface area contributed by atoms with Gasteiger partial charge < -0.3 is 0 Å². The largest absolute Gasteiger partial charge is 0.293 e. The highest BCUT2D eigenvalue weighted by atomic mass is 16.2. The van der Waals surface area contributed by atoms with Crippen molar-refractivity contribution in [2.24, 2.45) is 45.8 Å². The first-order valence-electron chi connectivity index (χ1n) is 16.8. The maximum absolute atomic E-state index is 14.7. The highest BCUT2D eigenvalue weighted by Crippen LogP contribution is 2.66. The molecule has 0 unspecified atom stereocenters. The number of fused-ring (bicyclic) bond motifs is 3. The Bertz CT molecular complexity index is 1130. The van der Waals surface area contributed by atoms with Gasteiger partial charge in [-0.15, -0.1) is 0 Å². The van der Waals surface area contributed by atoms with Crippen molar-refractivity contribution in [3.63, 3.8) is 0 Å². The summed E-state index contributed by atoms with van der Waals surface area (Å²) in [6, 6.07) is 19.4. The van der Waals surface area contributed by atoms with E-state index >= 15 is 0 Å². The standard InChI is InChI=1S/C39H54O2/c1-6-7-14-24-39(34(35(40)29-17-10-8-11-18-29)36(41)30-19-12-9-13-20-30)26-21-31-27-32-28(2)16-15-23-38(32,5)25-22-33(39)37(31,3)4/h8-13,17-20,28,31-34H,6-7,14-16,21-27H2,1-5H3/t28-,31+,32-,33-,38+,39-/m1/s1. The van der Waals surface area contributed by atoms with Crippen molar-refractivity contribution < 1.29 is 9.59 Å². The lowest BCUT2D eigenvalue weighted by Gasteiger charge is -2.62. The molecule has 2 heteroatoms. The topological polar surface area (TPSA) is 34.1 Å². The number of ketones is 2. The first-order valence-corrected chi connectivity index (χ1v) is 16.8. The smallest absolute Gasteiger partial charge is 0.174 e. The summed E-state index contributed by atoms with van der Waals surface area (Å²) >= 11 is 0. The van der Waals surface area contributed by atoms with Crippen LogP contribution in [0.1, 0.15) is 132 Å². The molecule has 222 valence electrons. The molecule has 3 saturated carbocycles. The van der Waals surface area contributed by atoms with Crippen molar-refractivity contribution in [1.29, 1.82) is 0 Å². The van der Waals surface area contributed by atoms with Gasteiger partial charge in [0, 0.05) is 11.1 Å². The van der Waals surface area contributed by atoms with Gasteiger partial charge in [-0.2, -0.15) is 0 Å². The molecule has 0 amide bonds. The third-order valence-corrected chi connectivity index (χ3v) is 12.6. The fourth-order valence-corrected chi connectivity index (χ4v) is 10.3. The molecule has 6 atom stereocenters. The van der Waals surface area contributed by atoms with E-state index in [1.165, 1.54) is 32.1 Å². The number of carbonyl (C=O) groups excluding carboxylic acids is 2. The Hall–Kier alpha value is -2.22. The zero-order valence-electron chi connectivity index (χ0n) is 26.5. The van der Waals surface area contributed by atoms with E-state index < -0.39 is 5.92 Å². The summed E-state index contributed by atoms with van der Waals surface area (Å²) in [5, 5.41) is 0. The molecule has 0 N–H and O–H groups in total. The second-order valence-electron chi connectivity index (χ2n) is 15.1. The normalized spacial score (nSPS) is 32.9. The van der Waals surface area contributed by atoms with Crippen LogP contribution in [0.4, 0.5) is 0 Å². The van der Waals surface area contributed by atoms with E-state index in [-0.39, 0.29) is 22.4 Å². The second-order valence-corrected chi connectivity index (χ2v) is 15.1. The van der Waals surface area contributed by atoms with Crippen LogP contribution in [0.5, 0.6) is 0 Å². The number of unbranched alkanes of at least 4 members (excludes halogenated alkanes) is 2. The second kappa shape index (κ2) is 12.2. The SMILES string of the molecule is CCCCC[C@@]1(C(C(=O)c2ccccc2)C(=O)c2ccccc2)CC[C@H]2C[C@@H]3[C@H](C)CCC[C@@]3(C)CC[C@@H]1C2(C)C. The number of benzene rings is 2. The maximum atomic E-state index is 14.7. The molecule has 3 aliphatic rings. The molecule has 3 aliphatic carbocycles. The molecule has 0 aliphatic heterocycles. The molecule has 2 bridgehead atoms. The fraction of sp³-hybridized carbons (Fsp3) is 0.641. The fourth-order valence-electron chi connectivity index (χ4n) is 10.3. The van der Waals surface area contributed by atoms with Gasteiger partial charge in [0.1, 0.15) is 0 Å². The average Bonchev–Trinajstić information content (AvgIpc) is 2.96. The van der Waals surface area contributed by atoms with Crippen LogP contribution in [-0.2, 0) is 0 Å². The van der Waals surface area contributed by atoms with Crippen LogP contribution in [-0.4, -0.2) is 11.6 Å². The summed E-state index contributed by atoms with van der Waals surface area (Å²) in [5.41, 5.74) is 1.53. The van der Waals surface area contributed by atoms with Crippen LogP contribution in [0.2, 0.25) is 0 Å². The van der Waals surface area contributed by atoms with E-state index in [0.717, 1.165) is 56.8 Å². The maximum Gasteiger partial charge on any atom is 0.174 e. The lowest BCUT2D eigenvalue weighted by Crippen LogP contribution is -2.57.